The van der Waals surface area contributed by atoms with Gasteiger partial charge in [0.1, 0.15) is 0 Å². The third kappa shape index (κ3) is 9.39. The molecule has 1 fully saturated rings. The van der Waals surface area contributed by atoms with E-state index in [2.05, 4.69) is 73.8 Å². The van der Waals surface area contributed by atoms with Gasteiger partial charge in [-0.3, -0.25) is 5.32 Å². The summed E-state index contributed by atoms with van der Waals surface area (Å²) >= 11 is 6.05. The second-order valence-electron chi connectivity index (χ2n) is 13.0. The van der Waals surface area contributed by atoms with E-state index >= 15 is 0 Å². The van der Waals surface area contributed by atoms with Crippen molar-refractivity contribution in [3.05, 3.63) is 57.3 Å². The van der Waals surface area contributed by atoms with Crippen LogP contribution in [0.15, 0.2) is 36.4 Å². The normalized spacial score (nSPS) is 19.3. The smallest absolute Gasteiger partial charge is 0.0972 e. The van der Waals surface area contributed by atoms with E-state index in [0.29, 0.717) is 18.8 Å². The third-order valence-electron chi connectivity index (χ3n) is 9.44. The summed E-state index contributed by atoms with van der Waals surface area (Å²) in [7, 11) is 0. The minimum atomic E-state index is 0.418. The molecule has 1 saturated carbocycles. The Morgan fingerprint density at radius 1 is 0.698 bits per heavy atom. The summed E-state index contributed by atoms with van der Waals surface area (Å²) in [5, 5.41) is 3.59. The predicted molar refractivity (Wildman–Crippen MR) is 192 cm³/mol. The zero-order chi connectivity index (χ0) is 29.9. The Labute approximate surface area is 274 Å². The molecule has 0 amide bonds. The maximum absolute atomic E-state index is 6.23. The minimum Gasteiger partial charge on any atom is -0.362 e. The van der Waals surface area contributed by atoms with Crippen LogP contribution < -0.4 is 5.32 Å². The SMILES string of the molecule is CCCCCCCCc1c(-c2ccc(C)s2)sc(-c2ccc(CNCOC3CC4C=CC3C4)s2)c1CCCCCCCC. The third-order valence-corrected chi connectivity index (χ3v) is 13.2. The van der Waals surface area contributed by atoms with E-state index in [4.69, 9.17) is 4.74 Å². The van der Waals surface area contributed by atoms with Crippen LogP contribution in [0.2, 0.25) is 0 Å². The van der Waals surface area contributed by atoms with Gasteiger partial charge in [0.05, 0.1) is 12.8 Å². The first kappa shape index (κ1) is 33.1. The van der Waals surface area contributed by atoms with Crippen LogP contribution in [0.3, 0.4) is 0 Å². The average Bonchev–Trinajstić information content (AvgIpc) is 3.85. The largest absolute Gasteiger partial charge is 0.362 e. The van der Waals surface area contributed by atoms with E-state index in [-0.39, 0.29) is 0 Å². The fourth-order valence-corrected chi connectivity index (χ4v) is 10.5. The van der Waals surface area contributed by atoms with Crippen LogP contribution in [0, 0.1) is 18.8 Å². The Bertz CT molecular complexity index is 1270. The molecule has 5 rings (SSSR count). The van der Waals surface area contributed by atoms with Crippen molar-refractivity contribution in [3.63, 3.8) is 0 Å². The Balaban J connectivity index is 1.29. The highest BCUT2D eigenvalue weighted by Crippen LogP contribution is 2.47. The van der Waals surface area contributed by atoms with Crippen LogP contribution in [-0.4, -0.2) is 12.8 Å². The molecule has 1 N–H and O–H groups in total. The van der Waals surface area contributed by atoms with E-state index in [0.717, 1.165) is 12.5 Å². The summed E-state index contributed by atoms with van der Waals surface area (Å²) in [6, 6.07) is 9.44. The summed E-state index contributed by atoms with van der Waals surface area (Å²) in [6.07, 6.45) is 26.5. The first-order valence-electron chi connectivity index (χ1n) is 17.5. The predicted octanol–water partition coefficient (Wildman–Crippen LogP) is 12.3. The van der Waals surface area contributed by atoms with Crippen LogP contribution >= 0.6 is 34.0 Å². The van der Waals surface area contributed by atoms with Crippen molar-refractivity contribution in [2.24, 2.45) is 11.8 Å². The van der Waals surface area contributed by atoms with Crippen LogP contribution in [-0.2, 0) is 24.1 Å². The number of unbranched alkanes of at least 4 members (excludes halogenated alkanes) is 10. The van der Waals surface area contributed by atoms with Crippen LogP contribution in [0.1, 0.15) is 125 Å². The molecule has 0 aromatic carbocycles. The van der Waals surface area contributed by atoms with Crippen LogP contribution in [0.5, 0.6) is 0 Å². The summed E-state index contributed by atoms with van der Waals surface area (Å²) in [5.41, 5.74) is 3.34. The number of hydrogen-bond donors (Lipinski definition) is 1. The number of fused-ring (bicyclic) bond motifs is 2. The average molecular weight is 638 g/mol. The molecule has 0 radical (unpaired) electrons. The molecule has 3 heterocycles. The van der Waals surface area contributed by atoms with Gasteiger partial charge >= 0.3 is 0 Å². The highest BCUT2D eigenvalue weighted by atomic mass is 32.1. The molecular weight excluding hydrogens is 583 g/mol. The maximum atomic E-state index is 6.23. The lowest BCUT2D eigenvalue weighted by atomic mass is 9.95. The molecule has 2 aliphatic carbocycles. The van der Waals surface area contributed by atoms with E-state index in [1.165, 1.54) is 122 Å². The number of allylic oxidation sites excluding steroid dienone is 1. The number of aryl methyl sites for hydroxylation is 1. The van der Waals surface area contributed by atoms with Gasteiger partial charge in [0.15, 0.2) is 0 Å². The molecular formula is C38H55NOS3. The van der Waals surface area contributed by atoms with Crippen LogP contribution in [0.25, 0.3) is 19.5 Å². The van der Waals surface area contributed by atoms with Crippen molar-refractivity contribution >= 4 is 34.0 Å². The van der Waals surface area contributed by atoms with Gasteiger partial charge in [-0.1, -0.05) is 90.2 Å². The monoisotopic (exact) mass is 637 g/mol. The standard InChI is InChI=1S/C38H55NOS3/c1-4-6-8-10-12-14-16-32-33(17-15-13-11-9-7-5-2)38(43-37(32)35-22-18-28(3)41-35)36-23-21-31(42-36)26-39-27-40-34-25-29-19-20-30(34)24-29/h18-23,29-30,34,39H,4-17,24-27H2,1-3H3. The van der Waals surface area contributed by atoms with E-state index in [1.807, 2.05) is 22.7 Å². The summed E-state index contributed by atoms with van der Waals surface area (Å²) in [4.78, 5) is 8.88. The first-order valence-corrected chi connectivity index (χ1v) is 19.9. The van der Waals surface area contributed by atoms with Gasteiger partial charge in [0.2, 0.25) is 0 Å². The topological polar surface area (TPSA) is 21.3 Å². The molecule has 236 valence electrons. The van der Waals surface area contributed by atoms with E-state index in [9.17, 15) is 0 Å². The maximum Gasteiger partial charge on any atom is 0.0972 e. The molecule has 0 spiro atoms. The van der Waals surface area contributed by atoms with Gasteiger partial charge in [-0.25, -0.2) is 0 Å². The van der Waals surface area contributed by atoms with Gasteiger partial charge in [-0.05, 0) is 86.8 Å². The Morgan fingerprint density at radius 3 is 1.91 bits per heavy atom. The van der Waals surface area contributed by atoms with Gasteiger partial charge in [-0.15, -0.1) is 34.0 Å². The van der Waals surface area contributed by atoms with Crippen molar-refractivity contribution in [2.75, 3.05) is 6.73 Å². The second-order valence-corrected chi connectivity index (χ2v) is 16.5. The van der Waals surface area contributed by atoms with Gasteiger partial charge in [0.25, 0.3) is 0 Å². The molecule has 0 saturated heterocycles. The van der Waals surface area contributed by atoms with Gasteiger partial charge < -0.3 is 4.74 Å². The second kappa shape index (κ2) is 17.5. The fourth-order valence-electron chi connectivity index (χ4n) is 7.00. The van der Waals surface area contributed by atoms with Crippen molar-refractivity contribution in [1.82, 2.24) is 5.32 Å². The summed E-state index contributed by atoms with van der Waals surface area (Å²) in [6.45, 7) is 8.42. The Hall–Kier alpha value is -1.24. The number of thiophene rings is 3. The van der Waals surface area contributed by atoms with Crippen molar-refractivity contribution < 1.29 is 4.74 Å². The molecule has 3 aromatic heterocycles. The molecule has 2 nitrogen and oxygen atoms in total. The molecule has 3 atom stereocenters. The minimum absolute atomic E-state index is 0.418. The highest BCUT2D eigenvalue weighted by molar-refractivity contribution is 7.26. The van der Waals surface area contributed by atoms with Crippen molar-refractivity contribution in [1.29, 1.82) is 0 Å². The lowest BCUT2D eigenvalue weighted by Gasteiger charge is -2.18. The Morgan fingerprint density at radius 2 is 1.33 bits per heavy atom. The van der Waals surface area contributed by atoms with Gasteiger partial charge in [-0.2, -0.15) is 0 Å². The molecule has 3 aromatic rings. The zero-order valence-electron chi connectivity index (χ0n) is 27.1. The lowest BCUT2D eigenvalue weighted by Crippen LogP contribution is -2.25. The number of rotatable bonds is 21. The molecule has 2 aliphatic rings. The highest BCUT2D eigenvalue weighted by Gasteiger charge is 2.36. The van der Waals surface area contributed by atoms with Crippen molar-refractivity contribution in [2.45, 2.75) is 136 Å². The fraction of sp³-hybridized carbons (Fsp3) is 0.632. The zero-order valence-corrected chi connectivity index (χ0v) is 29.5. The number of hydrogen-bond acceptors (Lipinski definition) is 5. The summed E-state index contributed by atoms with van der Waals surface area (Å²) < 4.78 is 6.23. The first-order chi connectivity index (χ1) is 21.2. The van der Waals surface area contributed by atoms with Gasteiger partial charge in [0, 0.05) is 41.7 Å². The quantitative estimate of drug-likeness (QED) is 0.0713. The molecule has 0 aliphatic heterocycles. The molecule has 43 heavy (non-hydrogen) atoms. The Kier molecular flexibility index (Phi) is 13.4. The molecule has 3 unspecified atom stereocenters. The lowest BCUT2D eigenvalue weighted by molar-refractivity contribution is 0.0244. The summed E-state index contributed by atoms with van der Waals surface area (Å²) in [5.74, 6) is 1.41. The van der Waals surface area contributed by atoms with Crippen molar-refractivity contribution in [3.8, 4) is 19.5 Å². The number of nitrogens with one attached hydrogen (secondary N) is 1. The van der Waals surface area contributed by atoms with Crippen LogP contribution in [0.4, 0.5) is 0 Å². The van der Waals surface area contributed by atoms with E-state index in [1.54, 1.807) is 20.9 Å². The van der Waals surface area contributed by atoms with E-state index < -0.39 is 0 Å². The molecule has 5 heteroatoms. The molecule has 2 bridgehead atoms. The number of ether oxygens (including phenoxy) is 1.